The molecule has 0 aliphatic heterocycles. The lowest BCUT2D eigenvalue weighted by molar-refractivity contribution is 0.540. The van der Waals surface area contributed by atoms with Crippen LogP contribution in [0.2, 0.25) is 0 Å². The fourth-order valence-electron chi connectivity index (χ4n) is 1.24. The van der Waals surface area contributed by atoms with Crippen molar-refractivity contribution in [1.82, 2.24) is 10.0 Å². The van der Waals surface area contributed by atoms with Gasteiger partial charge in [-0.25, -0.2) is 17.5 Å². The van der Waals surface area contributed by atoms with Crippen LogP contribution in [0.3, 0.4) is 0 Å². The fourth-order valence-corrected chi connectivity index (χ4v) is 2.43. The van der Waals surface area contributed by atoms with E-state index in [1.807, 2.05) is 6.92 Å². The number of rotatable bonds is 5. The first kappa shape index (κ1) is 14.1. The highest BCUT2D eigenvalue weighted by Crippen LogP contribution is 2.15. The first-order valence-corrected chi connectivity index (χ1v) is 6.78. The van der Waals surface area contributed by atoms with E-state index >= 15 is 0 Å². The van der Waals surface area contributed by atoms with Gasteiger partial charge < -0.3 is 5.32 Å². The van der Waals surface area contributed by atoms with E-state index in [4.69, 9.17) is 0 Å². The normalized spacial score (nSPS) is 13.6. The number of hydrogen-bond acceptors (Lipinski definition) is 3. The Morgan fingerprint density at radius 1 is 1.41 bits per heavy atom. The Labute approximate surface area is 101 Å². The summed E-state index contributed by atoms with van der Waals surface area (Å²) in [6.07, 6.45) is 0. The van der Waals surface area contributed by atoms with Crippen LogP contribution in [0.15, 0.2) is 23.1 Å². The molecule has 0 saturated heterocycles. The van der Waals surface area contributed by atoms with E-state index in [-0.39, 0.29) is 17.5 Å². The quantitative estimate of drug-likeness (QED) is 0.831. The lowest BCUT2D eigenvalue weighted by Gasteiger charge is -2.12. The van der Waals surface area contributed by atoms with Crippen LogP contribution in [0.5, 0.6) is 0 Å². The van der Waals surface area contributed by atoms with Gasteiger partial charge in [0.1, 0.15) is 10.7 Å². The van der Waals surface area contributed by atoms with E-state index in [9.17, 15) is 12.8 Å². The first-order chi connectivity index (χ1) is 7.86. The topological polar surface area (TPSA) is 58.2 Å². The second-order valence-electron chi connectivity index (χ2n) is 3.98. The van der Waals surface area contributed by atoms with Gasteiger partial charge in [-0.1, -0.05) is 6.07 Å². The molecule has 0 radical (unpaired) electrons. The van der Waals surface area contributed by atoms with Crippen molar-refractivity contribution in [1.29, 1.82) is 0 Å². The predicted molar refractivity (Wildman–Crippen MR) is 64.8 cm³/mol. The molecule has 1 aromatic carbocycles. The zero-order chi connectivity index (χ0) is 13.1. The van der Waals surface area contributed by atoms with Crippen LogP contribution in [-0.4, -0.2) is 28.1 Å². The summed E-state index contributed by atoms with van der Waals surface area (Å²) in [7, 11) is -2.05. The standard InChI is InChI=1S/C11H17FN2O2S/c1-8-4-5-11(10(12)6-8)17(15,16)14-7-9(2)13-3/h4-6,9,13-14H,7H2,1-3H3. The van der Waals surface area contributed by atoms with Gasteiger partial charge in [0, 0.05) is 12.6 Å². The molecule has 1 atom stereocenters. The van der Waals surface area contributed by atoms with Gasteiger partial charge in [-0.2, -0.15) is 0 Å². The van der Waals surface area contributed by atoms with Crippen LogP contribution in [0.25, 0.3) is 0 Å². The highest BCUT2D eigenvalue weighted by atomic mass is 32.2. The molecule has 0 bridgehead atoms. The second kappa shape index (κ2) is 5.57. The number of hydrogen-bond donors (Lipinski definition) is 2. The van der Waals surface area contributed by atoms with Gasteiger partial charge in [0.05, 0.1) is 0 Å². The van der Waals surface area contributed by atoms with Crippen molar-refractivity contribution in [2.45, 2.75) is 24.8 Å². The number of halogens is 1. The molecule has 0 aliphatic carbocycles. The van der Waals surface area contributed by atoms with Crippen LogP contribution < -0.4 is 10.0 Å². The van der Waals surface area contributed by atoms with Gasteiger partial charge in [0.15, 0.2) is 0 Å². The summed E-state index contributed by atoms with van der Waals surface area (Å²) in [6.45, 7) is 3.75. The Hall–Kier alpha value is -0.980. The molecule has 0 heterocycles. The Morgan fingerprint density at radius 3 is 2.59 bits per heavy atom. The van der Waals surface area contributed by atoms with Gasteiger partial charge >= 0.3 is 0 Å². The van der Waals surface area contributed by atoms with Crippen molar-refractivity contribution >= 4 is 10.0 Å². The molecule has 0 aliphatic rings. The Balaban J connectivity index is 2.90. The molecule has 96 valence electrons. The number of likely N-dealkylation sites (N-methyl/N-ethyl adjacent to an activating group) is 1. The lowest BCUT2D eigenvalue weighted by Crippen LogP contribution is -2.37. The lowest BCUT2D eigenvalue weighted by atomic mass is 10.2. The molecule has 1 aromatic rings. The highest BCUT2D eigenvalue weighted by molar-refractivity contribution is 7.89. The first-order valence-electron chi connectivity index (χ1n) is 5.30. The van der Waals surface area contributed by atoms with Crippen molar-refractivity contribution in [3.8, 4) is 0 Å². The molecule has 0 fully saturated rings. The van der Waals surface area contributed by atoms with Crippen molar-refractivity contribution < 1.29 is 12.8 Å². The van der Waals surface area contributed by atoms with Crippen molar-refractivity contribution in [2.24, 2.45) is 0 Å². The van der Waals surface area contributed by atoms with Gasteiger partial charge in [-0.3, -0.25) is 0 Å². The van der Waals surface area contributed by atoms with Crippen LogP contribution in [0.4, 0.5) is 4.39 Å². The van der Waals surface area contributed by atoms with E-state index in [0.717, 1.165) is 0 Å². The molecular weight excluding hydrogens is 243 g/mol. The largest absolute Gasteiger partial charge is 0.316 e. The monoisotopic (exact) mass is 260 g/mol. The Bertz CT molecular complexity index is 488. The average Bonchev–Trinajstić information content (AvgIpc) is 2.25. The SMILES string of the molecule is CNC(C)CNS(=O)(=O)c1ccc(C)cc1F. The van der Waals surface area contributed by atoms with Gasteiger partial charge in [-0.05, 0) is 38.6 Å². The zero-order valence-electron chi connectivity index (χ0n) is 10.1. The maximum absolute atomic E-state index is 13.5. The van der Waals surface area contributed by atoms with Crippen LogP contribution in [0, 0.1) is 12.7 Å². The minimum atomic E-state index is -3.78. The van der Waals surface area contributed by atoms with Crippen molar-refractivity contribution in [3.63, 3.8) is 0 Å². The van der Waals surface area contributed by atoms with Crippen LogP contribution in [0.1, 0.15) is 12.5 Å². The third-order valence-electron chi connectivity index (χ3n) is 2.45. The molecule has 17 heavy (non-hydrogen) atoms. The minimum Gasteiger partial charge on any atom is -0.316 e. The van der Waals surface area contributed by atoms with Crippen molar-refractivity contribution in [3.05, 3.63) is 29.6 Å². The third-order valence-corrected chi connectivity index (χ3v) is 3.91. The summed E-state index contributed by atoms with van der Waals surface area (Å²) >= 11 is 0. The number of aryl methyl sites for hydroxylation is 1. The molecule has 1 rings (SSSR count). The van der Waals surface area contributed by atoms with E-state index in [2.05, 4.69) is 10.0 Å². The summed E-state index contributed by atoms with van der Waals surface area (Å²) < 4.78 is 39.5. The van der Waals surface area contributed by atoms with Gasteiger partial charge in [-0.15, -0.1) is 0 Å². The Kier molecular flexibility index (Phi) is 4.62. The van der Waals surface area contributed by atoms with Gasteiger partial charge in [0.25, 0.3) is 0 Å². The van der Waals surface area contributed by atoms with Crippen molar-refractivity contribution in [2.75, 3.05) is 13.6 Å². The van der Waals surface area contributed by atoms with E-state index in [0.29, 0.717) is 5.56 Å². The smallest absolute Gasteiger partial charge is 0.243 e. The number of benzene rings is 1. The summed E-state index contributed by atoms with van der Waals surface area (Å²) in [5.41, 5.74) is 0.685. The zero-order valence-corrected chi connectivity index (χ0v) is 10.9. The average molecular weight is 260 g/mol. The molecular formula is C11H17FN2O2S. The summed E-state index contributed by atoms with van der Waals surface area (Å²) in [5, 5.41) is 2.89. The molecule has 0 spiro atoms. The van der Waals surface area contributed by atoms with Crippen LogP contribution in [-0.2, 0) is 10.0 Å². The number of nitrogens with one attached hydrogen (secondary N) is 2. The van der Waals surface area contributed by atoms with E-state index < -0.39 is 15.8 Å². The highest BCUT2D eigenvalue weighted by Gasteiger charge is 2.19. The van der Waals surface area contributed by atoms with E-state index in [1.165, 1.54) is 12.1 Å². The molecule has 1 unspecified atom stereocenters. The molecule has 6 heteroatoms. The number of sulfonamides is 1. The molecule has 4 nitrogen and oxygen atoms in total. The minimum absolute atomic E-state index is 0.0155. The summed E-state index contributed by atoms with van der Waals surface area (Å²) in [4.78, 5) is -0.314. The Morgan fingerprint density at radius 2 is 2.06 bits per heavy atom. The molecule has 0 saturated carbocycles. The van der Waals surface area contributed by atoms with Crippen LogP contribution >= 0.6 is 0 Å². The summed E-state index contributed by atoms with van der Waals surface area (Å²) in [6, 6.07) is 4.03. The fraction of sp³-hybridized carbons (Fsp3) is 0.455. The molecule has 0 amide bonds. The molecule has 0 aromatic heterocycles. The summed E-state index contributed by atoms with van der Waals surface area (Å²) in [5.74, 6) is -0.727. The maximum Gasteiger partial charge on any atom is 0.243 e. The van der Waals surface area contributed by atoms with Gasteiger partial charge in [0.2, 0.25) is 10.0 Å². The molecule has 2 N–H and O–H groups in total. The maximum atomic E-state index is 13.5. The second-order valence-corrected chi connectivity index (χ2v) is 5.71. The predicted octanol–water partition coefficient (Wildman–Crippen LogP) is 1.02. The third kappa shape index (κ3) is 3.76. The van der Waals surface area contributed by atoms with E-state index in [1.54, 1.807) is 20.0 Å².